The van der Waals surface area contributed by atoms with Crippen LogP contribution in [0.5, 0.6) is 0 Å². The minimum absolute atomic E-state index is 0.145. The number of pyridine rings is 1. The Morgan fingerprint density at radius 2 is 1.65 bits per heavy atom. The third-order valence-electron chi connectivity index (χ3n) is 6.23. The summed E-state index contributed by atoms with van der Waals surface area (Å²) >= 11 is 1.71. The van der Waals surface area contributed by atoms with Gasteiger partial charge in [-0.05, 0) is 47.2 Å². The zero-order chi connectivity index (χ0) is 25.6. The quantitative estimate of drug-likeness (QED) is 0.222. The Labute approximate surface area is 220 Å². The van der Waals surface area contributed by atoms with E-state index in [-0.39, 0.29) is 5.91 Å². The molecule has 3 aromatic carbocycles. The molecule has 5 rings (SSSR count). The van der Waals surface area contributed by atoms with Gasteiger partial charge in [0.25, 0.3) is 5.91 Å². The number of hydrogen-bond donors (Lipinski definition) is 3. The molecule has 5 aromatic rings. The molecule has 4 N–H and O–H groups in total. The maximum Gasteiger partial charge on any atom is 0.251 e. The largest absolute Gasteiger partial charge is 0.365 e. The molecule has 0 saturated carbocycles. The Hall–Kier alpha value is -4.07. The maximum absolute atomic E-state index is 13.0. The highest BCUT2D eigenvalue weighted by molar-refractivity contribution is 7.98. The van der Waals surface area contributed by atoms with Crippen molar-refractivity contribution in [3.8, 4) is 11.3 Å². The third-order valence-corrected chi connectivity index (χ3v) is 6.98. The Balaban J connectivity index is 1.43. The average Bonchev–Trinajstić information content (AvgIpc) is 3.33. The van der Waals surface area contributed by atoms with Gasteiger partial charge in [-0.1, -0.05) is 66.7 Å². The summed E-state index contributed by atoms with van der Waals surface area (Å²) in [6, 6.07) is 30.2. The lowest BCUT2D eigenvalue weighted by Crippen LogP contribution is -2.23. The number of nitrogens with zero attached hydrogens (tertiary/aromatic N) is 2. The number of carbonyl (C=O) groups excluding carboxylic acids is 1. The molecule has 0 spiro atoms. The summed E-state index contributed by atoms with van der Waals surface area (Å²) in [5.41, 5.74) is 12.1. The van der Waals surface area contributed by atoms with Gasteiger partial charge in [-0.2, -0.15) is 0 Å². The highest BCUT2D eigenvalue weighted by atomic mass is 32.2. The van der Waals surface area contributed by atoms with E-state index in [1.54, 1.807) is 11.8 Å². The lowest BCUT2D eigenvalue weighted by molar-refractivity contribution is 0.0951. The van der Waals surface area contributed by atoms with E-state index in [1.165, 1.54) is 10.5 Å². The second kappa shape index (κ2) is 11.3. The first kappa shape index (κ1) is 24.6. The minimum atomic E-state index is -0.145. The van der Waals surface area contributed by atoms with Gasteiger partial charge in [0.2, 0.25) is 0 Å². The first-order valence-corrected chi connectivity index (χ1v) is 13.4. The van der Waals surface area contributed by atoms with E-state index in [1.807, 2.05) is 65.2 Å². The SMILES string of the molecule is CSc1ccc(-c2nc3cc(C(=O)NCc4cccc(CN)c4)ccn3c2NCc2ccccc2)cc1. The molecular formula is C30H29N5OS. The number of carbonyl (C=O) groups is 1. The van der Waals surface area contributed by atoms with Gasteiger partial charge in [0.1, 0.15) is 17.2 Å². The van der Waals surface area contributed by atoms with E-state index in [4.69, 9.17) is 10.7 Å². The molecule has 0 saturated heterocycles. The average molecular weight is 508 g/mol. The number of anilines is 1. The first-order chi connectivity index (χ1) is 18.1. The van der Waals surface area contributed by atoms with Crippen molar-refractivity contribution >= 4 is 29.1 Å². The van der Waals surface area contributed by atoms with Crippen LogP contribution < -0.4 is 16.4 Å². The molecule has 0 aliphatic heterocycles. The molecule has 0 aliphatic carbocycles. The van der Waals surface area contributed by atoms with Crippen LogP contribution in [0.2, 0.25) is 0 Å². The fraction of sp³-hybridized carbons (Fsp3) is 0.133. The van der Waals surface area contributed by atoms with E-state index >= 15 is 0 Å². The second-order valence-corrected chi connectivity index (χ2v) is 9.61. The molecular weight excluding hydrogens is 478 g/mol. The topological polar surface area (TPSA) is 84.5 Å². The molecule has 6 nitrogen and oxygen atoms in total. The van der Waals surface area contributed by atoms with Gasteiger partial charge in [0, 0.05) is 41.9 Å². The number of amides is 1. The number of benzene rings is 3. The molecule has 0 bridgehead atoms. The van der Waals surface area contributed by atoms with E-state index in [9.17, 15) is 4.79 Å². The number of nitrogens with two attached hydrogens (primary N) is 1. The van der Waals surface area contributed by atoms with Crippen molar-refractivity contribution in [1.29, 1.82) is 0 Å². The number of aromatic nitrogens is 2. The lowest BCUT2D eigenvalue weighted by Gasteiger charge is -2.10. The van der Waals surface area contributed by atoms with Crippen LogP contribution in [0.15, 0.2) is 102 Å². The van der Waals surface area contributed by atoms with Crippen molar-refractivity contribution < 1.29 is 4.79 Å². The molecule has 0 fully saturated rings. The predicted molar refractivity (Wildman–Crippen MR) is 152 cm³/mol. The lowest BCUT2D eigenvalue weighted by atomic mass is 10.1. The molecule has 37 heavy (non-hydrogen) atoms. The van der Waals surface area contributed by atoms with Crippen LogP contribution in [0.25, 0.3) is 16.9 Å². The number of rotatable bonds is 9. The van der Waals surface area contributed by atoms with Gasteiger partial charge in [0.05, 0.1) is 0 Å². The van der Waals surface area contributed by atoms with Crippen LogP contribution in [0.4, 0.5) is 5.82 Å². The highest BCUT2D eigenvalue weighted by Gasteiger charge is 2.16. The van der Waals surface area contributed by atoms with Crippen molar-refractivity contribution in [1.82, 2.24) is 14.7 Å². The number of nitrogens with one attached hydrogen (secondary N) is 2. The van der Waals surface area contributed by atoms with Crippen molar-refractivity contribution in [2.24, 2.45) is 5.73 Å². The van der Waals surface area contributed by atoms with Gasteiger partial charge in [-0.25, -0.2) is 4.98 Å². The van der Waals surface area contributed by atoms with E-state index in [0.29, 0.717) is 30.8 Å². The first-order valence-electron chi connectivity index (χ1n) is 12.1. The normalized spacial score (nSPS) is 11.0. The highest BCUT2D eigenvalue weighted by Crippen LogP contribution is 2.31. The summed E-state index contributed by atoms with van der Waals surface area (Å²) in [6.45, 7) is 1.57. The zero-order valence-corrected chi connectivity index (χ0v) is 21.5. The van der Waals surface area contributed by atoms with E-state index in [2.05, 4.69) is 53.3 Å². The second-order valence-electron chi connectivity index (χ2n) is 8.73. The molecule has 0 aliphatic rings. The van der Waals surface area contributed by atoms with Crippen LogP contribution in [0, 0.1) is 0 Å². The molecule has 1 amide bonds. The van der Waals surface area contributed by atoms with Crippen LogP contribution in [-0.4, -0.2) is 21.5 Å². The van der Waals surface area contributed by atoms with Crippen LogP contribution >= 0.6 is 11.8 Å². The van der Waals surface area contributed by atoms with Crippen LogP contribution in [0.3, 0.4) is 0 Å². The van der Waals surface area contributed by atoms with Gasteiger partial charge >= 0.3 is 0 Å². The summed E-state index contributed by atoms with van der Waals surface area (Å²) in [6.07, 6.45) is 3.97. The summed E-state index contributed by atoms with van der Waals surface area (Å²) in [5.74, 6) is 0.745. The van der Waals surface area contributed by atoms with Gasteiger partial charge in [-0.3, -0.25) is 9.20 Å². The molecule has 186 valence electrons. The summed E-state index contributed by atoms with van der Waals surface area (Å²) in [5, 5.41) is 6.58. The summed E-state index contributed by atoms with van der Waals surface area (Å²) in [7, 11) is 0. The van der Waals surface area contributed by atoms with Crippen LogP contribution in [-0.2, 0) is 19.6 Å². The van der Waals surface area contributed by atoms with E-state index < -0.39 is 0 Å². The van der Waals surface area contributed by atoms with Gasteiger partial charge in [0.15, 0.2) is 0 Å². The smallest absolute Gasteiger partial charge is 0.251 e. The van der Waals surface area contributed by atoms with Crippen molar-refractivity contribution in [2.45, 2.75) is 24.5 Å². The number of imidazole rings is 1. The molecule has 7 heteroatoms. The molecule has 0 unspecified atom stereocenters. The standard InChI is InChI=1S/C30H29N5OS/c1-37-26-12-10-24(11-13-26)28-29(32-19-21-6-3-2-4-7-21)35-15-14-25(17-27(35)34-28)30(36)33-20-23-9-5-8-22(16-23)18-31/h2-17,32H,18-20,31H2,1H3,(H,33,36). The van der Waals surface area contributed by atoms with Crippen molar-refractivity contribution in [2.75, 3.05) is 11.6 Å². The Bertz CT molecular complexity index is 1510. The van der Waals surface area contributed by atoms with E-state index in [0.717, 1.165) is 28.2 Å². The van der Waals surface area contributed by atoms with Crippen molar-refractivity contribution in [3.05, 3.63) is 119 Å². The number of hydrogen-bond acceptors (Lipinski definition) is 5. The fourth-order valence-corrected chi connectivity index (χ4v) is 4.65. The van der Waals surface area contributed by atoms with Crippen molar-refractivity contribution in [3.63, 3.8) is 0 Å². The minimum Gasteiger partial charge on any atom is -0.365 e. The maximum atomic E-state index is 13.0. The molecule has 2 heterocycles. The van der Waals surface area contributed by atoms with Crippen LogP contribution in [0.1, 0.15) is 27.0 Å². The Morgan fingerprint density at radius 1 is 0.892 bits per heavy atom. The van der Waals surface area contributed by atoms with Gasteiger partial charge in [-0.15, -0.1) is 11.8 Å². The zero-order valence-electron chi connectivity index (χ0n) is 20.6. The number of thioether (sulfide) groups is 1. The predicted octanol–water partition coefficient (Wildman–Crippen LogP) is 5.72. The fourth-order valence-electron chi connectivity index (χ4n) is 4.24. The Kier molecular flexibility index (Phi) is 7.54. The monoisotopic (exact) mass is 507 g/mol. The number of fused-ring (bicyclic) bond motifs is 1. The van der Waals surface area contributed by atoms with Gasteiger partial charge < -0.3 is 16.4 Å². The third kappa shape index (κ3) is 5.69. The molecule has 0 atom stereocenters. The molecule has 0 radical (unpaired) electrons. The Morgan fingerprint density at radius 3 is 2.41 bits per heavy atom. The summed E-state index contributed by atoms with van der Waals surface area (Å²) in [4.78, 5) is 19.1. The molecule has 2 aromatic heterocycles. The summed E-state index contributed by atoms with van der Waals surface area (Å²) < 4.78 is 2.00.